The predicted molar refractivity (Wildman–Crippen MR) is 66.2 cm³/mol. The van der Waals surface area contributed by atoms with Gasteiger partial charge in [0.2, 0.25) is 0 Å². The molecule has 1 fully saturated rings. The molecule has 0 spiro atoms. The summed E-state index contributed by atoms with van der Waals surface area (Å²) in [6, 6.07) is -0.0931. The number of hydrogen-bond donors (Lipinski definition) is 2. The van der Waals surface area contributed by atoms with Crippen molar-refractivity contribution >= 4 is 12.0 Å². The van der Waals surface area contributed by atoms with Gasteiger partial charge in [0.05, 0.1) is 12.0 Å². The summed E-state index contributed by atoms with van der Waals surface area (Å²) in [5.74, 6) is -1.16. The second-order valence-electron chi connectivity index (χ2n) is 5.13. The largest absolute Gasteiger partial charge is 0.481 e. The van der Waals surface area contributed by atoms with Gasteiger partial charge in [0.25, 0.3) is 0 Å². The molecule has 0 aliphatic carbocycles. The summed E-state index contributed by atoms with van der Waals surface area (Å²) >= 11 is 0. The minimum atomic E-state index is -0.811. The lowest BCUT2D eigenvalue weighted by molar-refractivity contribution is -0.144. The minimum absolute atomic E-state index is 0.0524. The van der Waals surface area contributed by atoms with Crippen LogP contribution in [0.25, 0.3) is 0 Å². The monoisotopic (exact) mass is 258 g/mol. The van der Waals surface area contributed by atoms with E-state index in [2.05, 4.69) is 0 Å². The molecule has 1 aliphatic rings. The summed E-state index contributed by atoms with van der Waals surface area (Å²) in [5.41, 5.74) is 0. The van der Waals surface area contributed by atoms with Crippen molar-refractivity contribution in [3.05, 3.63) is 0 Å². The zero-order chi connectivity index (χ0) is 13.9. The van der Waals surface area contributed by atoms with Crippen LogP contribution in [0.5, 0.6) is 0 Å². The molecule has 1 aliphatic heterocycles. The normalized spacial score (nSPS) is 19.0. The lowest BCUT2D eigenvalue weighted by Gasteiger charge is -2.42. The van der Waals surface area contributed by atoms with Crippen molar-refractivity contribution in [1.29, 1.82) is 0 Å². The van der Waals surface area contributed by atoms with E-state index in [1.54, 1.807) is 30.7 Å². The molecule has 18 heavy (non-hydrogen) atoms. The maximum Gasteiger partial charge on any atom is 0.319 e. The standard InChI is InChI=1S/C12H22N2O4/c1-8(15)4-5-13(3)12(18)14-6-10(7-14)9(2)11(16)17/h8-10,15H,4-7H2,1-3H3,(H,16,17). The van der Waals surface area contributed by atoms with Crippen molar-refractivity contribution in [2.45, 2.75) is 26.4 Å². The van der Waals surface area contributed by atoms with Crippen LogP contribution in [-0.2, 0) is 4.79 Å². The number of likely N-dealkylation sites (tertiary alicyclic amines) is 1. The predicted octanol–water partition coefficient (Wildman–Crippen LogP) is 0.462. The van der Waals surface area contributed by atoms with Crippen LogP contribution in [0.15, 0.2) is 0 Å². The van der Waals surface area contributed by atoms with Crippen molar-refractivity contribution < 1.29 is 19.8 Å². The Kier molecular flexibility index (Phi) is 4.95. The average Bonchev–Trinajstić information content (AvgIpc) is 2.23. The Balaban J connectivity index is 2.32. The van der Waals surface area contributed by atoms with Gasteiger partial charge in [-0.25, -0.2) is 4.79 Å². The molecule has 0 aromatic carbocycles. The van der Waals surface area contributed by atoms with Crippen LogP contribution < -0.4 is 0 Å². The summed E-state index contributed by atoms with van der Waals surface area (Å²) in [6.45, 7) is 4.88. The highest BCUT2D eigenvalue weighted by atomic mass is 16.4. The van der Waals surface area contributed by atoms with Crippen molar-refractivity contribution in [3.8, 4) is 0 Å². The van der Waals surface area contributed by atoms with Gasteiger partial charge in [0.15, 0.2) is 0 Å². The Hall–Kier alpha value is -1.30. The van der Waals surface area contributed by atoms with Gasteiger partial charge in [0, 0.05) is 32.6 Å². The molecule has 2 atom stereocenters. The maximum absolute atomic E-state index is 11.9. The summed E-state index contributed by atoms with van der Waals surface area (Å²) in [7, 11) is 1.69. The smallest absolute Gasteiger partial charge is 0.319 e. The van der Waals surface area contributed by atoms with Crippen LogP contribution in [0, 0.1) is 11.8 Å². The van der Waals surface area contributed by atoms with Crippen molar-refractivity contribution in [2.75, 3.05) is 26.7 Å². The molecule has 2 N–H and O–H groups in total. The second kappa shape index (κ2) is 6.04. The fourth-order valence-electron chi connectivity index (χ4n) is 1.90. The number of carboxylic acid groups (broad SMARTS) is 1. The number of amides is 2. The highest BCUT2D eigenvalue weighted by molar-refractivity contribution is 5.76. The molecule has 6 heteroatoms. The number of aliphatic hydroxyl groups excluding tert-OH is 1. The van der Waals surface area contributed by atoms with Gasteiger partial charge in [-0.1, -0.05) is 6.92 Å². The third kappa shape index (κ3) is 3.60. The summed E-state index contributed by atoms with van der Waals surface area (Å²) in [5, 5.41) is 18.0. The van der Waals surface area contributed by atoms with Gasteiger partial charge in [-0.2, -0.15) is 0 Å². The van der Waals surface area contributed by atoms with Crippen LogP contribution in [0.3, 0.4) is 0 Å². The van der Waals surface area contributed by atoms with Crippen LogP contribution in [0.2, 0.25) is 0 Å². The third-order valence-corrected chi connectivity index (χ3v) is 3.49. The first-order valence-corrected chi connectivity index (χ1v) is 6.23. The Morgan fingerprint density at radius 2 is 1.94 bits per heavy atom. The van der Waals surface area contributed by atoms with Crippen LogP contribution in [0.4, 0.5) is 4.79 Å². The molecule has 2 unspecified atom stereocenters. The zero-order valence-corrected chi connectivity index (χ0v) is 11.2. The van der Waals surface area contributed by atoms with E-state index in [-0.39, 0.29) is 11.9 Å². The zero-order valence-electron chi connectivity index (χ0n) is 11.2. The van der Waals surface area contributed by atoms with Gasteiger partial charge < -0.3 is 20.0 Å². The second-order valence-corrected chi connectivity index (χ2v) is 5.13. The van der Waals surface area contributed by atoms with E-state index in [1.165, 1.54) is 0 Å². The summed E-state index contributed by atoms with van der Waals surface area (Å²) in [6.07, 6.45) is 0.127. The number of nitrogens with zero attached hydrogens (tertiary/aromatic N) is 2. The van der Waals surface area contributed by atoms with Gasteiger partial charge in [-0.3, -0.25) is 4.79 Å². The number of aliphatic hydroxyl groups is 1. The molecule has 0 radical (unpaired) electrons. The molecule has 0 aromatic rings. The Bertz CT molecular complexity index is 313. The van der Waals surface area contributed by atoms with Crippen molar-refractivity contribution in [2.24, 2.45) is 11.8 Å². The van der Waals surface area contributed by atoms with E-state index in [9.17, 15) is 9.59 Å². The minimum Gasteiger partial charge on any atom is -0.481 e. The first kappa shape index (κ1) is 14.8. The number of carboxylic acids is 1. The summed E-state index contributed by atoms with van der Waals surface area (Å²) < 4.78 is 0. The molecule has 2 amide bonds. The van der Waals surface area contributed by atoms with Crippen molar-refractivity contribution in [3.63, 3.8) is 0 Å². The third-order valence-electron chi connectivity index (χ3n) is 3.49. The first-order valence-electron chi connectivity index (χ1n) is 6.23. The summed E-state index contributed by atoms with van der Waals surface area (Å²) in [4.78, 5) is 25.9. The van der Waals surface area contributed by atoms with Gasteiger partial charge in [-0.05, 0) is 13.3 Å². The van der Waals surface area contributed by atoms with Crippen molar-refractivity contribution in [1.82, 2.24) is 9.80 Å². The Morgan fingerprint density at radius 1 is 1.39 bits per heavy atom. The highest BCUT2D eigenvalue weighted by Gasteiger charge is 2.38. The number of aliphatic carboxylic acids is 1. The molecule has 0 saturated carbocycles. The topological polar surface area (TPSA) is 81.1 Å². The number of carbonyl (C=O) groups excluding carboxylic acids is 1. The molecule has 0 aromatic heterocycles. The molecular weight excluding hydrogens is 236 g/mol. The van der Waals surface area contributed by atoms with E-state index in [0.717, 1.165) is 0 Å². The van der Waals surface area contributed by atoms with Gasteiger partial charge in [0.1, 0.15) is 0 Å². The van der Waals surface area contributed by atoms with Crippen LogP contribution in [0.1, 0.15) is 20.3 Å². The molecule has 0 bridgehead atoms. The quantitative estimate of drug-likeness (QED) is 0.750. The van der Waals surface area contributed by atoms with Gasteiger partial charge >= 0.3 is 12.0 Å². The molecule has 104 valence electrons. The fraction of sp³-hybridized carbons (Fsp3) is 0.833. The number of rotatable bonds is 5. The fourth-order valence-corrected chi connectivity index (χ4v) is 1.90. The van der Waals surface area contributed by atoms with E-state index in [0.29, 0.717) is 26.1 Å². The molecule has 1 saturated heterocycles. The molecule has 1 rings (SSSR count). The van der Waals surface area contributed by atoms with E-state index >= 15 is 0 Å². The SMILES string of the molecule is CC(O)CCN(C)C(=O)N1CC(C(C)C(=O)O)C1. The maximum atomic E-state index is 11.9. The van der Waals surface area contributed by atoms with E-state index in [1.807, 2.05) is 0 Å². The number of urea groups is 1. The number of hydrogen-bond acceptors (Lipinski definition) is 3. The lowest BCUT2D eigenvalue weighted by atomic mass is 9.87. The Morgan fingerprint density at radius 3 is 2.39 bits per heavy atom. The Labute approximate surface area is 107 Å². The highest BCUT2D eigenvalue weighted by Crippen LogP contribution is 2.24. The van der Waals surface area contributed by atoms with Crippen LogP contribution >= 0.6 is 0 Å². The average molecular weight is 258 g/mol. The molecule has 1 heterocycles. The first-order chi connectivity index (χ1) is 8.32. The molecule has 6 nitrogen and oxygen atoms in total. The van der Waals surface area contributed by atoms with E-state index in [4.69, 9.17) is 10.2 Å². The van der Waals surface area contributed by atoms with E-state index < -0.39 is 18.0 Å². The molecular formula is C12H22N2O4. The lowest BCUT2D eigenvalue weighted by Crippen LogP contribution is -2.56. The van der Waals surface area contributed by atoms with Crippen LogP contribution in [-0.4, -0.2) is 64.8 Å². The van der Waals surface area contributed by atoms with Gasteiger partial charge in [-0.15, -0.1) is 0 Å². The number of carbonyl (C=O) groups is 2.